The van der Waals surface area contributed by atoms with Gasteiger partial charge in [-0.15, -0.1) is 0 Å². The molecular weight excluding hydrogens is 232 g/mol. The van der Waals surface area contributed by atoms with Gasteiger partial charge >= 0.3 is 0 Å². The van der Waals surface area contributed by atoms with E-state index in [9.17, 15) is 9.59 Å². The molecule has 96 valence electrons. The summed E-state index contributed by atoms with van der Waals surface area (Å²) in [6.45, 7) is 1.61. The quantitative estimate of drug-likeness (QED) is 0.625. The molecule has 2 amide bonds. The van der Waals surface area contributed by atoms with E-state index in [1.54, 1.807) is 18.2 Å². The van der Waals surface area contributed by atoms with Gasteiger partial charge in [-0.3, -0.25) is 9.59 Å². The molecule has 1 aromatic carbocycles. The average Bonchev–Trinajstić information content (AvgIpc) is 2.54. The first-order valence-electron chi connectivity index (χ1n) is 5.79. The van der Waals surface area contributed by atoms with Crippen molar-refractivity contribution in [2.24, 2.45) is 5.73 Å². The SMILES string of the molecule is NC(=O)c1ccc(N)c(N2CCCNC(=O)C2)c1. The topological polar surface area (TPSA) is 101 Å². The molecule has 1 fully saturated rings. The monoisotopic (exact) mass is 248 g/mol. The zero-order chi connectivity index (χ0) is 13.1. The number of benzene rings is 1. The number of carbonyl (C=O) groups is 2. The zero-order valence-corrected chi connectivity index (χ0v) is 9.98. The van der Waals surface area contributed by atoms with Crippen LogP contribution in [0.4, 0.5) is 11.4 Å². The molecule has 1 aliphatic heterocycles. The van der Waals surface area contributed by atoms with Crippen LogP contribution in [0.15, 0.2) is 18.2 Å². The number of nitrogen functional groups attached to an aromatic ring is 1. The Hall–Kier alpha value is -2.24. The van der Waals surface area contributed by atoms with Gasteiger partial charge in [0.05, 0.1) is 17.9 Å². The highest BCUT2D eigenvalue weighted by Gasteiger charge is 2.17. The molecule has 1 aliphatic rings. The molecule has 0 unspecified atom stereocenters. The van der Waals surface area contributed by atoms with Crippen LogP contribution >= 0.6 is 0 Å². The Labute approximate surface area is 105 Å². The van der Waals surface area contributed by atoms with Gasteiger partial charge in [0.25, 0.3) is 0 Å². The summed E-state index contributed by atoms with van der Waals surface area (Å²) in [4.78, 5) is 24.5. The van der Waals surface area contributed by atoms with Gasteiger partial charge in [-0.25, -0.2) is 0 Å². The van der Waals surface area contributed by atoms with Crippen LogP contribution in [-0.4, -0.2) is 31.4 Å². The molecule has 0 aliphatic carbocycles. The van der Waals surface area contributed by atoms with E-state index in [1.807, 2.05) is 4.90 Å². The minimum atomic E-state index is -0.504. The molecule has 1 saturated heterocycles. The molecule has 5 N–H and O–H groups in total. The van der Waals surface area contributed by atoms with Crippen LogP contribution < -0.4 is 21.7 Å². The van der Waals surface area contributed by atoms with E-state index < -0.39 is 5.91 Å². The van der Waals surface area contributed by atoms with Gasteiger partial charge in [0.1, 0.15) is 0 Å². The molecule has 18 heavy (non-hydrogen) atoms. The Bertz CT molecular complexity index is 487. The second kappa shape index (κ2) is 4.95. The number of nitrogens with zero attached hydrogens (tertiary/aromatic N) is 1. The van der Waals surface area contributed by atoms with Crippen LogP contribution in [0.2, 0.25) is 0 Å². The molecule has 2 rings (SSSR count). The third-order valence-electron chi connectivity index (χ3n) is 2.92. The molecule has 6 heteroatoms. The fourth-order valence-corrected chi connectivity index (χ4v) is 1.98. The predicted molar refractivity (Wildman–Crippen MR) is 69.2 cm³/mol. The van der Waals surface area contributed by atoms with Crippen LogP contribution in [0, 0.1) is 0 Å². The van der Waals surface area contributed by atoms with Crippen molar-refractivity contribution in [3.63, 3.8) is 0 Å². The van der Waals surface area contributed by atoms with Crippen molar-refractivity contribution in [3.8, 4) is 0 Å². The van der Waals surface area contributed by atoms with E-state index in [0.29, 0.717) is 30.0 Å². The van der Waals surface area contributed by atoms with Crippen molar-refractivity contribution < 1.29 is 9.59 Å². The van der Waals surface area contributed by atoms with Crippen molar-refractivity contribution in [2.75, 3.05) is 30.3 Å². The lowest BCUT2D eigenvalue weighted by Gasteiger charge is -2.23. The normalized spacial score (nSPS) is 16.0. The zero-order valence-electron chi connectivity index (χ0n) is 9.98. The largest absolute Gasteiger partial charge is 0.397 e. The maximum Gasteiger partial charge on any atom is 0.248 e. The van der Waals surface area contributed by atoms with Crippen molar-refractivity contribution in [1.82, 2.24) is 5.32 Å². The predicted octanol–water partition coefficient (Wildman–Crippen LogP) is -0.306. The summed E-state index contributed by atoms with van der Waals surface area (Å²) in [5, 5.41) is 2.79. The summed E-state index contributed by atoms with van der Waals surface area (Å²) in [7, 11) is 0. The van der Waals surface area contributed by atoms with E-state index in [-0.39, 0.29) is 12.5 Å². The first-order valence-corrected chi connectivity index (χ1v) is 5.79. The molecule has 0 aromatic heterocycles. The number of carbonyl (C=O) groups excluding carboxylic acids is 2. The second-order valence-corrected chi connectivity index (χ2v) is 4.26. The lowest BCUT2D eigenvalue weighted by molar-refractivity contribution is -0.119. The highest BCUT2D eigenvalue weighted by Crippen LogP contribution is 2.25. The van der Waals surface area contributed by atoms with Crippen LogP contribution in [0.3, 0.4) is 0 Å². The third kappa shape index (κ3) is 2.53. The number of hydrogen-bond acceptors (Lipinski definition) is 4. The summed E-state index contributed by atoms with van der Waals surface area (Å²) >= 11 is 0. The highest BCUT2D eigenvalue weighted by molar-refractivity contribution is 5.95. The maximum absolute atomic E-state index is 11.5. The molecule has 0 spiro atoms. The van der Waals surface area contributed by atoms with Gasteiger partial charge in [0.2, 0.25) is 11.8 Å². The van der Waals surface area contributed by atoms with Gasteiger partial charge in [-0.2, -0.15) is 0 Å². The molecule has 0 saturated carbocycles. The van der Waals surface area contributed by atoms with Gasteiger partial charge in [-0.1, -0.05) is 0 Å². The molecule has 1 aromatic rings. The number of rotatable bonds is 2. The van der Waals surface area contributed by atoms with E-state index in [4.69, 9.17) is 11.5 Å². The second-order valence-electron chi connectivity index (χ2n) is 4.26. The first-order chi connectivity index (χ1) is 8.58. The minimum Gasteiger partial charge on any atom is -0.397 e. The lowest BCUT2D eigenvalue weighted by atomic mass is 10.1. The average molecular weight is 248 g/mol. The van der Waals surface area contributed by atoms with Crippen LogP contribution in [0.25, 0.3) is 0 Å². The summed E-state index contributed by atoms with van der Waals surface area (Å²) in [6, 6.07) is 4.85. The number of nitrogens with one attached hydrogen (secondary N) is 1. The van der Waals surface area contributed by atoms with Crippen LogP contribution in [0.5, 0.6) is 0 Å². The van der Waals surface area contributed by atoms with Gasteiger partial charge in [-0.05, 0) is 24.6 Å². The Morgan fingerprint density at radius 1 is 1.39 bits per heavy atom. The summed E-state index contributed by atoms with van der Waals surface area (Å²) in [5.41, 5.74) is 12.7. The molecule has 1 heterocycles. The fraction of sp³-hybridized carbons (Fsp3) is 0.333. The molecule has 0 bridgehead atoms. The Kier molecular flexibility index (Phi) is 3.36. The van der Waals surface area contributed by atoms with Gasteiger partial charge in [0.15, 0.2) is 0 Å². The summed E-state index contributed by atoms with van der Waals surface area (Å²) < 4.78 is 0. The highest BCUT2D eigenvalue weighted by atomic mass is 16.2. The molecule has 6 nitrogen and oxygen atoms in total. The van der Waals surface area contributed by atoms with Gasteiger partial charge in [0, 0.05) is 18.7 Å². The fourth-order valence-electron chi connectivity index (χ4n) is 1.98. The number of primary amides is 1. The van der Waals surface area contributed by atoms with Crippen LogP contribution in [-0.2, 0) is 4.79 Å². The molecule has 0 radical (unpaired) electrons. The van der Waals surface area contributed by atoms with E-state index in [0.717, 1.165) is 6.42 Å². The standard InChI is InChI=1S/C12H16N4O2/c13-9-3-2-8(12(14)18)6-10(9)16-5-1-4-15-11(17)7-16/h2-3,6H,1,4-5,7,13H2,(H2,14,18)(H,15,17). The minimum absolute atomic E-state index is 0.0450. The summed E-state index contributed by atoms with van der Waals surface area (Å²) in [5.74, 6) is -0.549. The number of anilines is 2. The van der Waals surface area contributed by atoms with Gasteiger partial charge < -0.3 is 21.7 Å². The lowest BCUT2D eigenvalue weighted by Crippen LogP contribution is -2.33. The van der Waals surface area contributed by atoms with Crippen molar-refractivity contribution in [3.05, 3.63) is 23.8 Å². The Balaban J connectivity index is 2.33. The van der Waals surface area contributed by atoms with Crippen molar-refractivity contribution >= 4 is 23.2 Å². The van der Waals surface area contributed by atoms with E-state index in [1.165, 1.54) is 0 Å². The Morgan fingerprint density at radius 3 is 2.89 bits per heavy atom. The smallest absolute Gasteiger partial charge is 0.248 e. The van der Waals surface area contributed by atoms with Crippen molar-refractivity contribution in [2.45, 2.75) is 6.42 Å². The molecular formula is C12H16N4O2. The van der Waals surface area contributed by atoms with E-state index in [2.05, 4.69) is 5.32 Å². The maximum atomic E-state index is 11.5. The first kappa shape index (κ1) is 12.2. The Morgan fingerprint density at radius 2 is 2.17 bits per heavy atom. The van der Waals surface area contributed by atoms with Crippen molar-refractivity contribution in [1.29, 1.82) is 0 Å². The number of amides is 2. The number of nitrogens with two attached hydrogens (primary N) is 2. The summed E-state index contributed by atoms with van der Waals surface area (Å²) in [6.07, 6.45) is 0.839. The molecule has 0 atom stereocenters. The van der Waals surface area contributed by atoms with Crippen LogP contribution in [0.1, 0.15) is 16.8 Å². The number of hydrogen-bond donors (Lipinski definition) is 3. The van der Waals surface area contributed by atoms with E-state index >= 15 is 0 Å². The third-order valence-corrected chi connectivity index (χ3v) is 2.92.